The van der Waals surface area contributed by atoms with Gasteiger partial charge >= 0.3 is 5.97 Å². The van der Waals surface area contributed by atoms with E-state index in [0.717, 1.165) is 0 Å². The van der Waals surface area contributed by atoms with Gasteiger partial charge in [0, 0.05) is 6.54 Å². The molecule has 4 nitrogen and oxygen atoms in total. The molecule has 0 spiro atoms. The Morgan fingerprint density at radius 2 is 1.89 bits per heavy atom. The fraction of sp³-hybridized carbons (Fsp3) is 0.500. The minimum atomic E-state index is -0.944. The van der Waals surface area contributed by atoms with Crippen LogP contribution in [0.3, 0.4) is 0 Å². The average molecular weight is 251 g/mol. The molecule has 0 aliphatic carbocycles. The van der Waals surface area contributed by atoms with Gasteiger partial charge in [-0.05, 0) is 18.4 Å². The molecule has 0 saturated heterocycles. The van der Waals surface area contributed by atoms with E-state index < -0.39 is 17.6 Å². The van der Waals surface area contributed by atoms with Gasteiger partial charge in [-0.3, -0.25) is 10.1 Å². The first-order valence-electron chi connectivity index (χ1n) is 6.08. The van der Waals surface area contributed by atoms with Crippen molar-refractivity contribution in [3.05, 3.63) is 35.9 Å². The molecule has 0 radical (unpaired) electrons. The van der Waals surface area contributed by atoms with Crippen molar-refractivity contribution >= 4 is 5.97 Å². The lowest BCUT2D eigenvalue weighted by Gasteiger charge is -2.29. The maximum atomic E-state index is 11.2. The molecule has 18 heavy (non-hydrogen) atoms. The number of aliphatic carboxylic acids is 1. The molecule has 0 heterocycles. The number of carboxylic acids is 1. The Morgan fingerprint density at radius 3 is 2.33 bits per heavy atom. The normalized spacial score (nSPS) is 16.3. The van der Waals surface area contributed by atoms with E-state index in [1.54, 1.807) is 31.2 Å². The van der Waals surface area contributed by atoms with Crippen molar-refractivity contribution in [3.63, 3.8) is 0 Å². The van der Waals surface area contributed by atoms with Gasteiger partial charge in [0.05, 0.1) is 5.60 Å². The van der Waals surface area contributed by atoms with E-state index in [4.69, 9.17) is 0 Å². The Balaban J connectivity index is 2.75. The highest BCUT2D eigenvalue weighted by Gasteiger charge is 2.28. The van der Waals surface area contributed by atoms with Crippen LogP contribution in [0.5, 0.6) is 0 Å². The van der Waals surface area contributed by atoms with Crippen molar-refractivity contribution in [1.82, 2.24) is 5.32 Å². The number of hydrogen-bond acceptors (Lipinski definition) is 3. The maximum absolute atomic E-state index is 11.2. The summed E-state index contributed by atoms with van der Waals surface area (Å²) >= 11 is 0. The van der Waals surface area contributed by atoms with Crippen LogP contribution in [0.1, 0.15) is 32.4 Å². The molecule has 1 aromatic carbocycles. The van der Waals surface area contributed by atoms with Crippen LogP contribution in [0.2, 0.25) is 0 Å². The monoisotopic (exact) mass is 251 g/mol. The summed E-state index contributed by atoms with van der Waals surface area (Å²) in [5.41, 5.74) is -0.243. The van der Waals surface area contributed by atoms with Crippen LogP contribution >= 0.6 is 0 Å². The summed E-state index contributed by atoms with van der Waals surface area (Å²) in [7, 11) is 0. The highest BCUT2D eigenvalue weighted by atomic mass is 16.4. The number of aliphatic hydroxyl groups is 1. The van der Waals surface area contributed by atoms with E-state index in [1.165, 1.54) is 0 Å². The number of benzene rings is 1. The topological polar surface area (TPSA) is 69.6 Å². The van der Waals surface area contributed by atoms with Crippen molar-refractivity contribution in [2.75, 3.05) is 6.54 Å². The summed E-state index contributed by atoms with van der Waals surface area (Å²) in [6.07, 6.45) is 0. The van der Waals surface area contributed by atoms with Crippen molar-refractivity contribution < 1.29 is 15.0 Å². The van der Waals surface area contributed by atoms with Gasteiger partial charge in [-0.25, -0.2) is 0 Å². The van der Waals surface area contributed by atoms with Gasteiger partial charge in [0.25, 0.3) is 0 Å². The van der Waals surface area contributed by atoms with Crippen LogP contribution in [0, 0.1) is 5.92 Å². The van der Waals surface area contributed by atoms with Crippen molar-refractivity contribution in [2.45, 2.75) is 32.4 Å². The molecule has 4 heteroatoms. The lowest BCUT2D eigenvalue weighted by atomic mass is 9.92. The third-order valence-electron chi connectivity index (χ3n) is 3.29. The predicted molar refractivity (Wildman–Crippen MR) is 70.3 cm³/mol. The van der Waals surface area contributed by atoms with E-state index in [2.05, 4.69) is 5.32 Å². The third kappa shape index (κ3) is 3.82. The largest absolute Gasteiger partial charge is 0.480 e. The zero-order valence-corrected chi connectivity index (χ0v) is 11.1. The Labute approximate surface area is 108 Å². The summed E-state index contributed by atoms with van der Waals surface area (Å²) in [5.74, 6) is -0.893. The van der Waals surface area contributed by atoms with Crippen molar-refractivity contribution in [3.8, 4) is 0 Å². The summed E-state index contributed by atoms with van der Waals surface area (Å²) < 4.78 is 0. The molecule has 0 aliphatic heterocycles. The summed E-state index contributed by atoms with van der Waals surface area (Å²) in [4.78, 5) is 11.2. The molecule has 0 fully saturated rings. The zero-order valence-electron chi connectivity index (χ0n) is 11.1. The van der Waals surface area contributed by atoms with E-state index in [0.29, 0.717) is 5.56 Å². The smallest absolute Gasteiger partial charge is 0.325 e. The van der Waals surface area contributed by atoms with Crippen LogP contribution in [-0.4, -0.2) is 28.3 Å². The van der Waals surface area contributed by atoms with Crippen LogP contribution in [-0.2, 0) is 4.79 Å². The standard InChI is InChI=1S/C14H21NO3/c1-10(2)14(3,18)9-15-12(13(16)17)11-7-5-4-6-8-11/h4-8,10,12,15,18H,9H2,1-3H3,(H,16,17). The van der Waals surface area contributed by atoms with Crippen LogP contribution < -0.4 is 5.32 Å². The van der Waals surface area contributed by atoms with Crippen molar-refractivity contribution in [2.24, 2.45) is 5.92 Å². The first-order chi connectivity index (χ1) is 8.34. The second-order valence-electron chi connectivity index (χ2n) is 5.07. The molecule has 1 rings (SSSR count). The van der Waals surface area contributed by atoms with Crippen molar-refractivity contribution in [1.29, 1.82) is 0 Å². The van der Waals surface area contributed by atoms with Gasteiger partial charge in [0.2, 0.25) is 0 Å². The molecule has 0 saturated carbocycles. The van der Waals surface area contributed by atoms with Crippen LogP contribution in [0.25, 0.3) is 0 Å². The molecular weight excluding hydrogens is 230 g/mol. The van der Waals surface area contributed by atoms with Gasteiger partial charge in [0.15, 0.2) is 0 Å². The van der Waals surface area contributed by atoms with Gasteiger partial charge in [-0.2, -0.15) is 0 Å². The number of carboxylic acid groups (broad SMARTS) is 1. The first kappa shape index (κ1) is 14.7. The lowest BCUT2D eigenvalue weighted by Crippen LogP contribution is -2.44. The molecule has 0 bridgehead atoms. The highest BCUT2D eigenvalue weighted by Crippen LogP contribution is 2.18. The molecule has 3 N–H and O–H groups in total. The first-order valence-corrected chi connectivity index (χ1v) is 6.08. The van der Waals surface area contributed by atoms with E-state index >= 15 is 0 Å². The summed E-state index contributed by atoms with van der Waals surface area (Å²) in [6, 6.07) is 8.16. The summed E-state index contributed by atoms with van der Waals surface area (Å²) in [5, 5.41) is 22.2. The van der Waals surface area contributed by atoms with Crippen LogP contribution in [0.4, 0.5) is 0 Å². The van der Waals surface area contributed by atoms with Gasteiger partial charge in [0.1, 0.15) is 6.04 Å². The Morgan fingerprint density at radius 1 is 1.33 bits per heavy atom. The quantitative estimate of drug-likeness (QED) is 0.721. The fourth-order valence-corrected chi connectivity index (χ4v) is 1.51. The molecule has 1 aromatic rings. The average Bonchev–Trinajstić information content (AvgIpc) is 2.29. The van der Waals surface area contributed by atoms with E-state index in [-0.39, 0.29) is 12.5 Å². The van der Waals surface area contributed by atoms with E-state index in [1.807, 2.05) is 19.9 Å². The SMILES string of the molecule is CC(C)C(C)(O)CNC(C(=O)O)c1ccccc1. The molecule has 0 amide bonds. The zero-order chi connectivity index (χ0) is 13.8. The minimum Gasteiger partial charge on any atom is -0.480 e. The Hall–Kier alpha value is -1.39. The van der Waals surface area contributed by atoms with Gasteiger partial charge in [-0.15, -0.1) is 0 Å². The number of rotatable bonds is 6. The minimum absolute atomic E-state index is 0.0511. The number of carbonyl (C=O) groups is 1. The predicted octanol–water partition coefficient (Wildman–Crippen LogP) is 1.81. The number of nitrogens with one attached hydrogen (secondary N) is 1. The third-order valence-corrected chi connectivity index (χ3v) is 3.29. The molecule has 100 valence electrons. The molecule has 0 aliphatic rings. The fourth-order valence-electron chi connectivity index (χ4n) is 1.51. The summed E-state index contributed by atoms with van der Waals surface area (Å²) in [6.45, 7) is 5.74. The molecule has 2 atom stereocenters. The Kier molecular flexibility index (Phi) is 4.87. The Bertz CT molecular complexity index is 387. The lowest BCUT2D eigenvalue weighted by molar-refractivity contribution is -0.140. The maximum Gasteiger partial charge on any atom is 0.325 e. The van der Waals surface area contributed by atoms with Gasteiger partial charge in [-0.1, -0.05) is 44.2 Å². The molecule has 2 unspecified atom stereocenters. The second-order valence-corrected chi connectivity index (χ2v) is 5.07. The van der Waals surface area contributed by atoms with E-state index in [9.17, 15) is 15.0 Å². The molecule has 0 aromatic heterocycles. The number of hydrogen-bond donors (Lipinski definition) is 3. The van der Waals surface area contributed by atoms with Crippen LogP contribution in [0.15, 0.2) is 30.3 Å². The van der Waals surface area contributed by atoms with Gasteiger partial charge < -0.3 is 10.2 Å². The highest BCUT2D eigenvalue weighted by molar-refractivity contribution is 5.75. The molecular formula is C14H21NO3. The second kappa shape index (κ2) is 5.98.